The van der Waals surface area contributed by atoms with Crippen LogP contribution in [0.4, 0.5) is 0 Å². The fraction of sp³-hybridized carbons (Fsp3) is 0.300. The van der Waals surface area contributed by atoms with Crippen LogP contribution in [0.1, 0.15) is 34.3 Å². The van der Waals surface area contributed by atoms with Gasteiger partial charge in [-0.1, -0.05) is 24.3 Å². The SMILES string of the molecule is N#Cc1ccccc1CSCCNC(=O)c1cccc(S(=O)(=O)NC2CC2)c1. The van der Waals surface area contributed by atoms with Gasteiger partial charge in [0.2, 0.25) is 10.0 Å². The van der Waals surface area contributed by atoms with Gasteiger partial charge in [-0.15, -0.1) is 0 Å². The molecule has 28 heavy (non-hydrogen) atoms. The Balaban J connectivity index is 1.48. The van der Waals surface area contributed by atoms with Crippen molar-refractivity contribution >= 4 is 27.7 Å². The highest BCUT2D eigenvalue weighted by Crippen LogP contribution is 2.22. The monoisotopic (exact) mass is 415 g/mol. The number of nitrogens with zero attached hydrogens (tertiary/aromatic N) is 1. The van der Waals surface area contributed by atoms with Gasteiger partial charge in [0.1, 0.15) is 0 Å². The van der Waals surface area contributed by atoms with Gasteiger partial charge in [0.25, 0.3) is 5.91 Å². The Morgan fingerprint density at radius 1 is 1.18 bits per heavy atom. The summed E-state index contributed by atoms with van der Waals surface area (Å²) in [4.78, 5) is 12.4. The van der Waals surface area contributed by atoms with Crippen molar-refractivity contribution in [2.45, 2.75) is 29.5 Å². The highest BCUT2D eigenvalue weighted by molar-refractivity contribution is 7.98. The van der Waals surface area contributed by atoms with Crippen molar-refractivity contribution in [1.82, 2.24) is 10.0 Å². The van der Waals surface area contributed by atoms with Crippen molar-refractivity contribution in [3.05, 3.63) is 65.2 Å². The van der Waals surface area contributed by atoms with Crippen LogP contribution in [-0.2, 0) is 15.8 Å². The maximum absolute atomic E-state index is 12.3. The van der Waals surface area contributed by atoms with E-state index in [0.717, 1.165) is 18.4 Å². The normalized spacial score (nSPS) is 13.7. The molecular formula is C20H21N3O3S2. The minimum atomic E-state index is -3.58. The van der Waals surface area contributed by atoms with Gasteiger partial charge in [0.05, 0.1) is 16.5 Å². The van der Waals surface area contributed by atoms with Crippen molar-refractivity contribution in [1.29, 1.82) is 5.26 Å². The first-order chi connectivity index (χ1) is 13.5. The zero-order chi connectivity index (χ0) is 20.0. The van der Waals surface area contributed by atoms with Crippen LogP contribution in [0.15, 0.2) is 53.4 Å². The van der Waals surface area contributed by atoms with Crippen LogP contribution < -0.4 is 10.0 Å². The molecule has 2 aromatic rings. The second-order valence-electron chi connectivity index (χ2n) is 6.50. The Labute approximate surface area is 169 Å². The molecule has 2 N–H and O–H groups in total. The van der Waals surface area contributed by atoms with Crippen LogP contribution in [0.25, 0.3) is 0 Å². The molecule has 146 valence electrons. The van der Waals surface area contributed by atoms with E-state index in [9.17, 15) is 13.2 Å². The van der Waals surface area contributed by atoms with E-state index >= 15 is 0 Å². The summed E-state index contributed by atoms with van der Waals surface area (Å²) >= 11 is 1.62. The topological polar surface area (TPSA) is 99.1 Å². The van der Waals surface area contributed by atoms with Gasteiger partial charge in [-0.25, -0.2) is 13.1 Å². The predicted octanol–water partition coefficient (Wildman–Crippen LogP) is 2.66. The number of rotatable bonds is 9. The Bertz CT molecular complexity index is 996. The first kappa shape index (κ1) is 20.4. The highest BCUT2D eigenvalue weighted by atomic mass is 32.2. The molecule has 8 heteroatoms. The molecule has 6 nitrogen and oxygen atoms in total. The van der Waals surface area contributed by atoms with Gasteiger partial charge >= 0.3 is 0 Å². The smallest absolute Gasteiger partial charge is 0.251 e. The second-order valence-corrected chi connectivity index (χ2v) is 9.32. The van der Waals surface area contributed by atoms with E-state index in [0.29, 0.717) is 29.2 Å². The summed E-state index contributed by atoms with van der Waals surface area (Å²) < 4.78 is 27.2. The molecule has 0 radical (unpaired) electrons. The molecule has 1 saturated carbocycles. The number of carbonyl (C=O) groups is 1. The van der Waals surface area contributed by atoms with E-state index in [2.05, 4.69) is 16.1 Å². The van der Waals surface area contributed by atoms with Crippen molar-refractivity contribution in [3.8, 4) is 6.07 Å². The number of nitriles is 1. The highest BCUT2D eigenvalue weighted by Gasteiger charge is 2.28. The standard InChI is InChI=1S/C20H21N3O3S2/c21-13-16-4-1-2-5-17(16)14-27-11-10-22-20(24)15-6-3-7-19(12-15)28(25,26)23-18-8-9-18/h1-7,12,18,23H,8-11,14H2,(H,22,24). The predicted molar refractivity (Wildman–Crippen MR) is 109 cm³/mol. The average Bonchev–Trinajstić information content (AvgIpc) is 3.51. The summed E-state index contributed by atoms with van der Waals surface area (Å²) in [6, 6.07) is 15.7. The number of sulfonamides is 1. The molecule has 1 aliphatic carbocycles. The van der Waals surface area contributed by atoms with Crippen molar-refractivity contribution in [3.63, 3.8) is 0 Å². The lowest BCUT2D eigenvalue weighted by atomic mass is 10.1. The third-order valence-corrected chi connectivity index (χ3v) is 6.76. The minimum absolute atomic E-state index is 0.0191. The molecule has 1 amide bonds. The van der Waals surface area contributed by atoms with Crippen LogP contribution in [0.5, 0.6) is 0 Å². The molecule has 0 bridgehead atoms. The van der Waals surface area contributed by atoms with E-state index in [1.165, 1.54) is 12.1 Å². The van der Waals surface area contributed by atoms with Crippen molar-refractivity contribution < 1.29 is 13.2 Å². The van der Waals surface area contributed by atoms with Gasteiger partial charge in [-0.3, -0.25) is 4.79 Å². The molecule has 0 unspecified atom stereocenters. The van der Waals surface area contributed by atoms with Crippen LogP contribution in [-0.4, -0.2) is 32.7 Å². The zero-order valence-corrected chi connectivity index (χ0v) is 16.9. The molecule has 3 rings (SSSR count). The number of hydrogen-bond acceptors (Lipinski definition) is 5. The molecule has 1 aliphatic rings. The van der Waals surface area contributed by atoms with Crippen LogP contribution in [0, 0.1) is 11.3 Å². The Kier molecular flexibility index (Phi) is 6.73. The molecule has 0 atom stereocenters. The number of nitrogens with one attached hydrogen (secondary N) is 2. The minimum Gasteiger partial charge on any atom is -0.351 e. The summed E-state index contributed by atoms with van der Waals surface area (Å²) in [5.74, 6) is 1.08. The third kappa shape index (κ3) is 5.58. The molecular weight excluding hydrogens is 394 g/mol. The number of hydrogen-bond donors (Lipinski definition) is 2. The molecule has 2 aromatic carbocycles. The number of thioether (sulfide) groups is 1. The Hall–Kier alpha value is -2.34. The zero-order valence-electron chi connectivity index (χ0n) is 15.2. The molecule has 1 fully saturated rings. The van der Waals surface area contributed by atoms with Gasteiger partial charge in [-0.2, -0.15) is 17.0 Å². The molecule has 0 spiro atoms. The van der Waals surface area contributed by atoms with Gasteiger partial charge in [-0.05, 0) is 42.7 Å². The summed E-state index contributed by atoms with van der Waals surface area (Å²) in [5, 5.41) is 11.9. The van der Waals surface area contributed by atoms with Crippen molar-refractivity contribution in [2.24, 2.45) is 0 Å². The largest absolute Gasteiger partial charge is 0.351 e. The lowest BCUT2D eigenvalue weighted by Gasteiger charge is -2.09. The van der Waals surface area contributed by atoms with E-state index in [1.807, 2.05) is 18.2 Å². The molecule has 0 heterocycles. The first-order valence-corrected chi connectivity index (χ1v) is 11.6. The summed E-state index contributed by atoms with van der Waals surface area (Å²) in [5.41, 5.74) is 1.96. The van der Waals surface area contributed by atoms with Gasteiger partial charge in [0, 0.05) is 29.7 Å². The van der Waals surface area contributed by atoms with Gasteiger partial charge in [0.15, 0.2) is 0 Å². The van der Waals surface area contributed by atoms with Crippen molar-refractivity contribution in [2.75, 3.05) is 12.3 Å². The fourth-order valence-corrected chi connectivity index (χ4v) is 4.78. The van der Waals surface area contributed by atoms with Gasteiger partial charge < -0.3 is 5.32 Å². The third-order valence-electron chi connectivity index (χ3n) is 4.23. The fourth-order valence-electron chi connectivity index (χ4n) is 2.57. The van der Waals surface area contributed by atoms with Crippen LogP contribution in [0.3, 0.4) is 0 Å². The molecule has 0 aromatic heterocycles. The summed E-state index contributed by atoms with van der Waals surface area (Å²) in [6.45, 7) is 0.454. The lowest BCUT2D eigenvalue weighted by Crippen LogP contribution is -2.28. The summed E-state index contributed by atoms with van der Waals surface area (Å²) in [7, 11) is -3.58. The maximum atomic E-state index is 12.3. The van der Waals surface area contributed by atoms with Crippen LogP contribution >= 0.6 is 11.8 Å². The Morgan fingerprint density at radius 2 is 1.96 bits per heavy atom. The van der Waals surface area contributed by atoms with E-state index < -0.39 is 10.0 Å². The lowest BCUT2D eigenvalue weighted by molar-refractivity contribution is 0.0956. The van der Waals surface area contributed by atoms with E-state index in [1.54, 1.807) is 30.0 Å². The van der Waals surface area contributed by atoms with Crippen LogP contribution in [0.2, 0.25) is 0 Å². The summed E-state index contributed by atoms with van der Waals surface area (Å²) in [6.07, 6.45) is 1.71. The molecule has 0 saturated heterocycles. The Morgan fingerprint density at radius 3 is 2.71 bits per heavy atom. The average molecular weight is 416 g/mol. The quantitative estimate of drug-likeness (QED) is 0.614. The number of carbonyl (C=O) groups excluding carboxylic acids is 1. The maximum Gasteiger partial charge on any atom is 0.251 e. The first-order valence-electron chi connectivity index (χ1n) is 8.96. The number of amides is 1. The van der Waals surface area contributed by atoms with E-state index in [-0.39, 0.29) is 16.8 Å². The number of benzene rings is 2. The van der Waals surface area contributed by atoms with E-state index in [4.69, 9.17) is 5.26 Å². The second kappa shape index (κ2) is 9.24. The molecule has 0 aliphatic heterocycles.